The third-order valence-corrected chi connectivity index (χ3v) is 4.17. The molecule has 5 nitrogen and oxygen atoms in total. The lowest BCUT2D eigenvalue weighted by Crippen LogP contribution is -2.43. The largest absolute Gasteiger partial charge is 0.341 e. The maximum Gasteiger partial charge on any atom is 0.236 e. The summed E-state index contributed by atoms with van der Waals surface area (Å²) in [4.78, 5) is 18.1. The van der Waals surface area contributed by atoms with Crippen molar-refractivity contribution in [3.05, 3.63) is 18.7 Å². The zero-order valence-electron chi connectivity index (χ0n) is 11.3. The van der Waals surface area contributed by atoms with Crippen LogP contribution in [0.15, 0.2) is 18.7 Å². The van der Waals surface area contributed by atoms with Crippen molar-refractivity contribution in [3.63, 3.8) is 0 Å². The van der Waals surface area contributed by atoms with Gasteiger partial charge in [-0.3, -0.25) is 4.79 Å². The number of carbonyl (C=O) groups is 1. The maximum absolute atomic E-state index is 12.0. The van der Waals surface area contributed by atoms with Gasteiger partial charge in [0.2, 0.25) is 5.91 Å². The highest BCUT2D eigenvalue weighted by atomic mass is 16.2. The molecule has 1 aromatic rings. The smallest absolute Gasteiger partial charge is 0.236 e. The van der Waals surface area contributed by atoms with Gasteiger partial charge < -0.3 is 14.8 Å². The van der Waals surface area contributed by atoms with Crippen molar-refractivity contribution in [2.24, 2.45) is 5.92 Å². The number of carbonyl (C=O) groups excluding carboxylic acids is 1. The lowest BCUT2D eigenvalue weighted by molar-refractivity contribution is -0.131. The summed E-state index contributed by atoms with van der Waals surface area (Å²) in [5.41, 5.74) is 0. The third-order valence-electron chi connectivity index (χ3n) is 4.17. The SMILES string of the molecule is O=C(CNCC1CC1)N1CCC(n2ccnc2)CC1. The lowest BCUT2D eigenvalue weighted by Gasteiger charge is -2.32. The fourth-order valence-corrected chi connectivity index (χ4v) is 2.72. The van der Waals surface area contributed by atoms with E-state index >= 15 is 0 Å². The van der Waals surface area contributed by atoms with E-state index in [0.29, 0.717) is 12.6 Å². The molecular weight excluding hydrogens is 240 g/mol. The molecule has 0 bridgehead atoms. The van der Waals surface area contributed by atoms with Crippen molar-refractivity contribution < 1.29 is 4.79 Å². The molecule has 1 saturated heterocycles. The summed E-state index contributed by atoms with van der Waals surface area (Å²) in [7, 11) is 0. The van der Waals surface area contributed by atoms with Gasteiger partial charge in [-0.05, 0) is 38.1 Å². The Morgan fingerprint density at radius 2 is 2.05 bits per heavy atom. The summed E-state index contributed by atoms with van der Waals surface area (Å²) in [6.45, 7) is 3.25. The van der Waals surface area contributed by atoms with Crippen molar-refractivity contribution in [2.75, 3.05) is 26.2 Å². The fraction of sp³-hybridized carbons (Fsp3) is 0.714. The highest BCUT2D eigenvalue weighted by molar-refractivity contribution is 5.78. The normalized spacial score (nSPS) is 20.7. The van der Waals surface area contributed by atoms with Gasteiger partial charge >= 0.3 is 0 Å². The summed E-state index contributed by atoms with van der Waals surface area (Å²) in [6, 6.07) is 0.506. The number of likely N-dealkylation sites (tertiary alicyclic amines) is 1. The molecule has 2 aliphatic rings. The average molecular weight is 262 g/mol. The van der Waals surface area contributed by atoms with Crippen LogP contribution in [0.2, 0.25) is 0 Å². The molecule has 0 aromatic carbocycles. The van der Waals surface area contributed by atoms with Crippen LogP contribution in [-0.4, -0.2) is 46.5 Å². The van der Waals surface area contributed by atoms with Gasteiger partial charge in [0, 0.05) is 31.5 Å². The van der Waals surface area contributed by atoms with Crippen LogP contribution < -0.4 is 5.32 Å². The van der Waals surface area contributed by atoms with Crippen molar-refractivity contribution in [1.29, 1.82) is 0 Å². The number of hydrogen-bond donors (Lipinski definition) is 1. The van der Waals surface area contributed by atoms with Gasteiger partial charge in [-0.25, -0.2) is 4.98 Å². The number of hydrogen-bond acceptors (Lipinski definition) is 3. The molecule has 1 aliphatic carbocycles. The van der Waals surface area contributed by atoms with Crippen LogP contribution in [0.5, 0.6) is 0 Å². The Kier molecular flexibility index (Phi) is 3.82. The summed E-state index contributed by atoms with van der Waals surface area (Å²) in [5.74, 6) is 1.09. The van der Waals surface area contributed by atoms with Gasteiger partial charge in [-0.1, -0.05) is 0 Å². The van der Waals surface area contributed by atoms with Gasteiger partial charge in [-0.15, -0.1) is 0 Å². The minimum atomic E-state index is 0.254. The quantitative estimate of drug-likeness (QED) is 0.863. The van der Waals surface area contributed by atoms with Gasteiger partial charge in [0.05, 0.1) is 12.9 Å². The molecule has 2 fully saturated rings. The Morgan fingerprint density at radius 1 is 1.26 bits per heavy atom. The number of amides is 1. The maximum atomic E-state index is 12.0. The molecule has 1 N–H and O–H groups in total. The molecule has 1 amide bonds. The monoisotopic (exact) mass is 262 g/mol. The first-order chi connectivity index (χ1) is 9.33. The summed E-state index contributed by atoms with van der Waals surface area (Å²) in [6.07, 6.45) is 10.4. The first-order valence-electron chi connectivity index (χ1n) is 7.29. The number of nitrogens with one attached hydrogen (secondary N) is 1. The van der Waals surface area contributed by atoms with Gasteiger partial charge in [0.25, 0.3) is 0 Å². The van der Waals surface area contributed by atoms with Crippen LogP contribution in [0, 0.1) is 5.92 Å². The van der Waals surface area contributed by atoms with Gasteiger partial charge in [-0.2, -0.15) is 0 Å². The van der Waals surface area contributed by atoms with E-state index in [-0.39, 0.29) is 5.91 Å². The molecule has 0 unspecified atom stereocenters. The Bertz CT molecular complexity index is 405. The van der Waals surface area contributed by atoms with E-state index in [1.165, 1.54) is 12.8 Å². The summed E-state index contributed by atoms with van der Waals surface area (Å²) in [5, 5.41) is 3.28. The standard InChI is InChI=1S/C14H22N4O/c19-14(10-16-9-12-1-2-12)17-6-3-13(4-7-17)18-8-5-15-11-18/h5,8,11-13,16H,1-4,6-7,9-10H2. The molecule has 19 heavy (non-hydrogen) atoms. The molecule has 0 spiro atoms. The Balaban J connectivity index is 1.40. The molecule has 2 heterocycles. The second-order valence-corrected chi connectivity index (χ2v) is 5.70. The van der Waals surface area contributed by atoms with E-state index < -0.39 is 0 Å². The number of nitrogens with zero attached hydrogens (tertiary/aromatic N) is 3. The molecule has 104 valence electrons. The third kappa shape index (κ3) is 3.35. The average Bonchev–Trinajstić information content (AvgIpc) is 3.10. The Hall–Kier alpha value is -1.36. The van der Waals surface area contributed by atoms with E-state index in [0.717, 1.165) is 38.4 Å². The zero-order chi connectivity index (χ0) is 13.1. The predicted octanol–water partition coefficient (Wildman–Crippen LogP) is 1.05. The van der Waals surface area contributed by atoms with E-state index in [2.05, 4.69) is 14.9 Å². The van der Waals surface area contributed by atoms with Crippen molar-refractivity contribution in [1.82, 2.24) is 19.8 Å². The minimum absolute atomic E-state index is 0.254. The van der Waals surface area contributed by atoms with Gasteiger partial charge in [0.1, 0.15) is 0 Å². The topological polar surface area (TPSA) is 50.2 Å². The Labute approximate surface area is 114 Å². The van der Waals surface area contributed by atoms with Crippen LogP contribution in [0.3, 0.4) is 0 Å². The molecular formula is C14H22N4O. The van der Waals surface area contributed by atoms with E-state index in [1.807, 2.05) is 23.6 Å². The zero-order valence-corrected chi connectivity index (χ0v) is 11.3. The van der Waals surface area contributed by atoms with E-state index in [1.54, 1.807) is 0 Å². The summed E-state index contributed by atoms with van der Waals surface area (Å²) >= 11 is 0. The van der Waals surface area contributed by atoms with Crippen LogP contribution >= 0.6 is 0 Å². The van der Waals surface area contributed by atoms with E-state index in [9.17, 15) is 4.79 Å². The van der Waals surface area contributed by atoms with Crippen molar-refractivity contribution in [3.8, 4) is 0 Å². The van der Waals surface area contributed by atoms with Crippen molar-refractivity contribution in [2.45, 2.75) is 31.7 Å². The van der Waals surface area contributed by atoms with Crippen LogP contribution in [0.4, 0.5) is 0 Å². The number of aromatic nitrogens is 2. The Morgan fingerprint density at radius 3 is 2.68 bits per heavy atom. The lowest BCUT2D eigenvalue weighted by atomic mass is 10.0. The highest BCUT2D eigenvalue weighted by Gasteiger charge is 2.24. The summed E-state index contributed by atoms with van der Waals surface area (Å²) < 4.78 is 2.16. The number of rotatable bonds is 5. The van der Waals surface area contributed by atoms with Crippen LogP contribution in [0.1, 0.15) is 31.7 Å². The minimum Gasteiger partial charge on any atom is -0.341 e. The molecule has 5 heteroatoms. The van der Waals surface area contributed by atoms with Crippen molar-refractivity contribution >= 4 is 5.91 Å². The number of piperidine rings is 1. The molecule has 1 aromatic heterocycles. The molecule has 1 aliphatic heterocycles. The second kappa shape index (κ2) is 5.74. The fourth-order valence-electron chi connectivity index (χ4n) is 2.72. The van der Waals surface area contributed by atoms with Crippen LogP contribution in [-0.2, 0) is 4.79 Å². The first-order valence-corrected chi connectivity index (χ1v) is 7.29. The predicted molar refractivity (Wildman–Crippen MR) is 72.7 cm³/mol. The highest BCUT2D eigenvalue weighted by Crippen LogP contribution is 2.27. The molecule has 3 rings (SSSR count). The second-order valence-electron chi connectivity index (χ2n) is 5.70. The first kappa shape index (κ1) is 12.7. The van der Waals surface area contributed by atoms with Crippen LogP contribution in [0.25, 0.3) is 0 Å². The molecule has 0 atom stereocenters. The molecule has 1 saturated carbocycles. The van der Waals surface area contributed by atoms with Gasteiger partial charge in [0.15, 0.2) is 0 Å². The van der Waals surface area contributed by atoms with E-state index in [4.69, 9.17) is 0 Å². The number of imidazole rings is 1. The molecule has 0 radical (unpaired) electrons.